The van der Waals surface area contributed by atoms with Gasteiger partial charge in [0.05, 0.1) is 12.0 Å². The van der Waals surface area contributed by atoms with Gasteiger partial charge in [-0.2, -0.15) is 4.98 Å². The van der Waals surface area contributed by atoms with Gasteiger partial charge in [0.25, 0.3) is 0 Å². The molecule has 2 N–H and O–H groups in total. The molecule has 0 spiro atoms. The first kappa shape index (κ1) is 18.9. The number of hydrogen-bond donors (Lipinski definition) is 2. The summed E-state index contributed by atoms with van der Waals surface area (Å²) < 4.78 is 32.1. The van der Waals surface area contributed by atoms with Gasteiger partial charge in [0.15, 0.2) is 0 Å². The van der Waals surface area contributed by atoms with Crippen LogP contribution in [0.2, 0.25) is 0 Å². The second-order valence-electron chi connectivity index (χ2n) is 5.59. The molecule has 0 saturated heterocycles. The van der Waals surface area contributed by atoms with Crippen molar-refractivity contribution in [2.75, 3.05) is 44.5 Å². The van der Waals surface area contributed by atoms with Crippen molar-refractivity contribution < 1.29 is 13.2 Å². The Morgan fingerprint density at radius 1 is 1.16 bits per heavy atom. The third-order valence-electron chi connectivity index (χ3n) is 3.35. The number of nitrogens with one attached hydrogen (secondary N) is 2. The van der Waals surface area contributed by atoms with E-state index < -0.39 is 10.0 Å². The lowest BCUT2D eigenvalue weighted by molar-refractivity contribution is 0.413. The summed E-state index contributed by atoms with van der Waals surface area (Å²) in [5.74, 6) is 1.74. The zero-order valence-corrected chi connectivity index (χ0v) is 15.6. The molecule has 0 bridgehead atoms. The molecule has 0 saturated carbocycles. The first-order chi connectivity index (χ1) is 11.8. The van der Waals surface area contributed by atoms with E-state index in [0.717, 1.165) is 11.5 Å². The fourth-order valence-electron chi connectivity index (χ4n) is 2.07. The molecule has 1 aromatic carbocycles. The summed E-state index contributed by atoms with van der Waals surface area (Å²) in [4.78, 5) is 10.7. The molecule has 0 atom stereocenters. The monoisotopic (exact) mass is 365 g/mol. The van der Waals surface area contributed by atoms with E-state index in [1.54, 1.807) is 12.1 Å². The first-order valence-electron chi connectivity index (χ1n) is 7.72. The van der Waals surface area contributed by atoms with Crippen molar-refractivity contribution in [2.24, 2.45) is 0 Å². The van der Waals surface area contributed by atoms with Crippen LogP contribution in [-0.4, -0.2) is 52.7 Å². The maximum Gasteiger partial charge on any atom is 0.240 e. The predicted molar refractivity (Wildman–Crippen MR) is 97.8 cm³/mol. The number of anilines is 2. The maximum absolute atomic E-state index is 12.3. The number of methoxy groups -OCH3 is 1. The lowest BCUT2D eigenvalue weighted by atomic mass is 10.3. The molecule has 1 aromatic heterocycles. The number of aromatic nitrogens is 2. The summed E-state index contributed by atoms with van der Waals surface area (Å²) in [6.07, 6.45) is 0. The van der Waals surface area contributed by atoms with Crippen LogP contribution in [0.15, 0.2) is 35.2 Å². The molecule has 0 amide bonds. The van der Waals surface area contributed by atoms with Crippen LogP contribution in [0.4, 0.5) is 11.8 Å². The van der Waals surface area contributed by atoms with E-state index >= 15 is 0 Å². The van der Waals surface area contributed by atoms with Crippen molar-refractivity contribution in [3.63, 3.8) is 0 Å². The Balaban J connectivity index is 1.94. The Bertz CT molecular complexity index is 824. The van der Waals surface area contributed by atoms with Crippen molar-refractivity contribution in [1.82, 2.24) is 14.7 Å². The number of sulfonamides is 1. The zero-order chi connectivity index (χ0) is 18.4. The fourth-order valence-corrected chi connectivity index (χ4v) is 3.14. The van der Waals surface area contributed by atoms with Crippen molar-refractivity contribution in [1.29, 1.82) is 0 Å². The van der Waals surface area contributed by atoms with E-state index in [2.05, 4.69) is 20.0 Å². The Hall–Kier alpha value is -2.39. The highest BCUT2D eigenvalue weighted by Gasteiger charge is 2.14. The number of ether oxygens (including phenoxy) is 1. The second kappa shape index (κ2) is 8.13. The zero-order valence-electron chi connectivity index (χ0n) is 14.8. The van der Waals surface area contributed by atoms with Crippen molar-refractivity contribution in [3.8, 4) is 5.75 Å². The van der Waals surface area contributed by atoms with Crippen LogP contribution >= 0.6 is 0 Å². The van der Waals surface area contributed by atoms with Gasteiger partial charge in [0.1, 0.15) is 11.6 Å². The molecule has 0 aliphatic rings. The van der Waals surface area contributed by atoms with Crippen molar-refractivity contribution >= 4 is 21.8 Å². The smallest absolute Gasteiger partial charge is 0.240 e. The Morgan fingerprint density at radius 3 is 2.60 bits per heavy atom. The van der Waals surface area contributed by atoms with E-state index in [1.165, 1.54) is 19.2 Å². The van der Waals surface area contributed by atoms with Crippen molar-refractivity contribution in [2.45, 2.75) is 11.8 Å². The fraction of sp³-hybridized carbons (Fsp3) is 0.375. The van der Waals surface area contributed by atoms with Crippen LogP contribution in [0.5, 0.6) is 5.75 Å². The number of rotatable bonds is 8. The molecule has 0 radical (unpaired) electrons. The summed E-state index contributed by atoms with van der Waals surface area (Å²) in [6.45, 7) is 2.44. The molecule has 2 aromatic rings. The third kappa shape index (κ3) is 5.30. The van der Waals surface area contributed by atoms with E-state index in [-0.39, 0.29) is 11.4 Å². The summed E-state index contributed by atoms with van der Waals surface area (Å²) in [5, 5.41) is 3.03. The third-order valence-corrected chi connectivity index (χ3v) is 4.81. The van der Waals surface area contributed by atoms with Crippen molar-refractivity contribution in [3.05, 3.63) is 36.0 Å². The molecule has 136 valence electrons. The molecular weight excluding hydrogens is 342 g/mol. The minimum Gasteiger partial charge on any atom is -0.497 e. The van der Waals surface area contributed by atoms with Gasteiger partial charge in [-0.05, 0) is 19.1 Å². The van der Waals surface area contributed by atoms with E-state index in [0.29, 0.717) is 18.2 Å². The van der Waals surface area contributed by atoms with Crippen LogP contribution in [0.25, 0.3) is 0 Å². The molecule has 0 aliphatic carbocycles. The number of hydrogen-bond acceptors (Lipinski definition) is 7. The molecule has 9 heteroatoms. The summed E-state index contributed by atoms with van der Waals surface area (Å²) in [7, 11) is 1.69. The normalized spacial score (nSPS) is 11.2. The van der Waals surface area contributed by atoms with Gasteiger partial charge in [-0.25, -0.2) is 18.1 Å². The average molecular weight is 365 g/mol. The molecule has 0 unspecified atom stereocenters. The van der Waals surface area contributed by atoms with Crippen LogP contribution in [0.3, 0.4) is 0 Å². The van der Waals surface area contributed by atoms with Gasteiger partial charge >= 0.3 is 0 Å². The van der Waals surface area contributed by atoms with Crippen LogP contribution in [-0.2, 0) is 10.0 Å². The van der Waals surface area contributed by atoms with Gasteiger partial charge in [-0.15, -0.1) is 0 Å². The molecule has 1 heterocycles. The standard InChI is InChI=1S/C16H23N5O3S/c1-12-10-15(21(2)3)20-16(19-12)17-8-9-18-25(22,23)14-7-5-6-13(11-14)24-4/h5-7,10-11,18H,8-9H2,1-4H3,(H,17,19,20). The SMILES string of the molecule is COc1cccc(S(=O)(=O)NCCNc2nc(C)cc(N(C)C)n2)c1. The Labute approximate surface area is 148 Å². The van der Waals surface area contributed by atoms with E-state index in [9.17, 15) is 8.42 Å². The van der Waals surface area contributed by atoms with Gasteiger partial charge in [0.2, 0.25) is 16.0 Å². The maximum atomic E-state index is 12.3. The highest BCUT2D eigenvalue weighted by molar-refractivity contribution is 7.89. The van der Waals surface area contributed by atoms with E-state index in [4.69, 9.17) is 4.74 Å². The second-order valence-corrected chi connectivity index (χ2v) is 7.36. The number of aryl methyl sites for hydroxylation is 1. The van der Waals surface area contributed by atoms with Gasteiger partial charge in [-0.1, -0.05) is 6.07 Å². The predicted octanol–water partition coefficient (Wildman–Crippen LogP) is 1.25. The summed E-state index contributed by atoms with van der Waals surface area (Å²) in [5.41, 5.74) is 0.832. The Morgan fingerprint density at radius 2 is 1.92 bits per heavy atom. The van der Waals surface area contributed by atoms with Gasteiger partial charge < -0.3 is 15.0 Å². The first-order valence-corrected chi connectivity index (χ1v) is 9.21. The van der Waals surface area contributed by atoms with E-state index in [1.807, 2.05) is 32.0 Å². The van der Waals surface area contributed by atoms with Crippen LogP contribution in [0.1, 0.15) is 5.69 Å². The van der Waals surface area contributed by atoms with Gasteiger partial charge in [0, 0.05) is 45.0 Å². The van der Waals surface area contributed by atoms with Crippen LogP contribution in [0, 0.1) is 6.92 Å². The lowest BCUT2D eigenvalue weighted by Crippen LogP contribution is -2.29. The topological polar surface area (TPSA) is 96.5 Å². The Kier molecular flexibility index (Phi) is 6.16. The minimum atomic E-state index is -3.60. The highest BCUT2D eigenvalue weighted by Crippen LogP contribution is 2.16. The molecule has 0 fully saturated rings. The average Bonchev–Trinajstić information content (AvgIpc) is 2.58. The van der Waals surface area contributed by atoms with Gasteiger partial charge in [-0.3, -0.25) is 0 Å². The quantitative estimate of drug-likeness (QED) is 0.680. The molecule has 0 aliphatic heterocycles. The molecule has 2 rings (SSSR count). The lowest BCUT2D eigenvalue weighted by Gasteiger charge is -2.14. The number of nitrogens with zero attached hydrogens (tertiary/aromatic N) is 3. The molecule has 8 nitrogen and oxygen atoms in total. The summed E-state index contributed by atoms with van der Waals surface area (Å²) >= 11 is 0. The largest absolute Gasteiger partial charge is 0.497 e. The molecular formula is C16H23N5O3S. The summed E-state index contributed by atoms with van der Waals surface area (Å²) in [6, 6.07) is 8.19. The minimum absolute atomic E-state index is 0.161. The highest BCUT2D eigenvalue weighted by atomic mass is 32.2. The number of benzene rings is 1. The van der Waals surface area contributed by atoms with Crippen LogP contribution < -0.4 is 19.7 Å². The molecule has 25 heavy (non-hydrogen) atoms.